The number of aliphatic imine (C=N–C) groups is 1. The second-order valence-corrected chi connectivity index (χ2v) is 3.58. The molecule has 1 aliphatic heterocycles. The van der Waals surface area contributed by atoms with Gasteiger partial charge in [-0.25, -0.2) is 0 Å². The molecule has 2 heteroatoms. The molecule has 0 N–H and O–H groups in total. The number of hydrogen-bond donors (Lipinski definition) is 0. The summed E-state index contributed by atoms with van der Waals surface area (Å²) in [4.78, 5) is 4.38. The minimum absolute atomic E-state index is 0.289. The van der Waals surface area contributed by atoms with Crippen molar-refractivity contribution in [2.75, 3.05) is 0 Å². The smallest absolute Gasteiger partial charge is 0.0807 e. The van der Waals surface area contributed by atoms with E-state index in [0.29, 0.717) is 5.92 Å². The molecule has 1 nitrogen and oxygen atoms in total. The maximum absolute atomic E-state index is 5.93. The Morgan fingerprint density at radius 2 is 2.33 bits per heavy atom. The van der Waals surface area contributed by atoms with Crippen LogP contribution in [0.3, 0.4) is 0 Å². The Kier molecular flexibility index (Phi) is 1.89. The van der Waals surface area contributed by atoms with Crippen LogP contribution in [0.4, 0.5) is 0 Å². The first-order chi connectivity index (χ1) is 5.77. The quantitative estimate of drug-likeness (QED) is 0.542. The summed E-state index contributed by atoms with van der Waals surface area (Å²) in [5, 5.41) is 0.829. The zero-order chi connectivity index (χ0) is 8.55. The Morgan fingerprint density at radius 3 is 3.17 bits per heavy atom. The SMILES string of the molecule is CC1=CC(Cl)=CC2C=CC=NC12. The molecule has 62 valence electrons. The molecule has 0 spiro atoms. The molecule has 0 bridgehead atoms. The van der Waals surface area contributed by atoms with E-state index in [1.165, 1.54) is 5.57 Å². The van der Waals surface area contributed by atoms with Crippen molar-refractivity contribution < 1.29 is 0 Å². The highest BCUT2D eigenvalue weighted by Crippen LogP contribution is 2.29. The van der Waals surface area contributed by atoms with E-state index in [4.69, 9.17) is 11.6 Å². The van der Waals surface area contributed by atoms with E-state index in [-0.39, 0.29) is 6.04 Å². The lowest BCUT2D eigenvalue weighted by atomic mass is 9.88. The van der Waals surface area contributed by atoms with Gasteiger partial charge in [0.25, 0.3) is 0 Å². The van der Waals surface area contributed by atoms with Crippen LogP contribution in [0.5, 0.6) is 0 Å². The molecular formula is C10H10ClN. The normalized spacial score (nSPS) is 32.5. The maximum Gasteiger partial charge on any atom is 0.0807 e. The summed E-state index contributed by atoms with van der Waals surface area (Å²) in [6.07, 6.45) is 9.99. The molecule has 0 amide bonds. The Bertz CT molecular complexity index is 310. The molecular weight excluding hydrogens is 170 g/mol. The predicted octanol–water partition coefficient (Wildman–Crippen LogP) is 2.69. The van der Waals surface area contributed by atoms with Gasteiger partial charge in [0.2, 0.25) is 0 Å². The Hall–Kier alpha value is -0.820. The molecule has 0 saturated carbocycles. The number of nitrogens with zero attached hydrogens (tertiary/aromatic N) is 1. The van der Waals surface area contributed by atoms with Gasteiger partial charge in [-0.05, 0) is 24.6 Å². The van der Waals surface area contributed by atoms with Gasteiger partial charge in [-0.3, -0.25) is 4.99 Å². The molecule has 0 radical (unpaired) electrons. The summed E-state index contributed by atoms with van der Waals surface area (Å²) in [6.45, 7) is 2.07. The summed E-state index contributed by atoms with van der Waals surface area (Å²) >= 11 is 5.93. The van der Waals surface area contributed by atoms with Crippen molar-refractivity contribution in [1.82, 2.24) is 0 Å². The summed E-state index contributed by atoms with van der Waals surface area (Å²) in [5.74, 6) is 0.368. The van der Waals surface area contributed by atoms with Gasteiger partial charge >= 0.3 is 0 Å². The van der Waals surface area contributed by atoms with Crippen LogP contribution in [0.1, 0.15) is 6.92 Å². The molecule has 0 fully saturated rings. The van der Waals surface area contributed by atoms with Crippen molar-refractivity contribution in [3.63, 3.8) is 0 Å². The summed E-state index contributed by atoms with van der Waals surface area (Å²) in [5.41, 5.74) is 1.24. The van der Waals surface area contributed by atoms with E-state index >= 15 is 0 Å². The summed E-state index contributed by atoms with van der Waals surface area (Å²) in [7, 11) is 0. The lowest BCUT2D eigenvalue weighted by molar-refractivity contribution is 0.647. The van der Waals surface area contributed by atoms with Crippen LogP contribution in [0.2, 0.25) is 0 Å². The zero-order valence-corrected chi connectivity index (χ0v) is 7.62. The molecule has 12 heavy (non-hydrogen) atoms. The number of rotatable bonds is 0. The highest BCUT2D eigenvalue weighted by molar-refractivity contribution is 6.31. The van der Waals surface area contributed by atoms with E-state index in [1.54, 1.807) is 0 Å². The third kappa shape index (κ3) is 1.25. The first-order valence-corrected chi connectivity index (χ1v) is 4.40. The number of dihydropyridines is 1. The molecule has 2 aliphatic rings. The van der Waals surface area contributed by atoms with Crippen LogP contribution < -0.4 is 0 Å². The van der Waals surface area contributed by atoms with Crippen LogP contribution in [0.25, 0.3) is 0 Å². The van der Waals surface area contributed by atoms with E-state index in [1.807, 2.05) is 24.4 Å². The highest BCUT2D eigenvalue weighted by atomic mass is 35.5. The predicted molar refractivity (Wildman–Crippen MR) is 52.6 cm³/mol. The zero-order valence-electron chi connectivity index (χ0n) is 6.87. The largest absolute Gasteiger partial charge is 0.285 e. The minimum atomic E-state index is 0.289. The average molecular weight is 180 g/mol. The van der Waals surface area contributed by atoms with Gasteiger partial charge in [0, 0.05) is 17.2 Å². The monoisotopic (exact) mass is 179 g/mol. The Morgan fingerprint density at radius 1 is 1.50 bits per heavy atom. The second kappa shape index (κ2) is 2.91. The lowest BCUT2D eigenvalue weighted by Crippen LogP contribution is -2.21. The van der Waals surface area contributed by atoms with Crippen molar-refractivity contribution in [3.8, 4) is 0 Å². The van der Waals surface area contributed by atoms with E-state index in [2.05, 4.69) is 18.0 Å². The molecule has 2 atom stereocenters. The highest BCUT2D eigenvalue weighted by Gasteiger charge is 2.22. The van der Waals surface area contributed by atoms with Gasteiger partial charge in [0.15, 0.2) is 0 Å². The Labute approximate surface area is 77.1 Å². The molecule has 1 heterocycles. The number of allylic oxidation sites excluding steroid dienone is 3. The van der Waals surface area contributed by atoms with Crippen LogP contribution in [0, 0.1) is 5.92 Å². The third-order valence-electron chi connectivity index (χ3n) is 2.21. The minimum Gasteiger partial charge on any atom is -0.285 e. The van der Waals surface area contributed by atoms with Crippen molar-refractivity contribution in [2.24, 2.45) is 10.9 Å². The molecule has 2 unspecified atom stereocenters. The van der Waals surface area contributed by atoms with Crippen molar-refractivity contribution in [3.05, 3.63) is 34.9 Å². The number of fused-ring (bicyclic) bond motifs is 1. The van der Waals surface area contributed by atoms with Gasteiger partial charge in [0.1, 0.15) is 0 Å². The van der Waals surface area contributed by atoms with Crippen LogP contribution >= 0.6 is 11.6 Å². The van der Waals surface area contributed by atoms with Gasteiger partial charge in [0.05, 0.1) is 6.04 Å². The van der Waals surface area contributed by atoms with Crippen LogP contribution in [0.15, 0.2) is 39.9 Å². The van der Waals surface area contributed by atoms with Crippen LogP contribution in [-0.4, -0.2) is 12.3 Å². The number of halogens is 1. The van der Waals surface area contributed by atoms with Crippen molar-refractivity contribution in [1.29, 1.82) is 0 Å². The van der Waals surface area contributed by atoms with Gasteiger partial charge < -0.3 is 0 Å². The first-order valence-electron chi connectivity index (χ1n) is 4.03. The fourth-order valence-electron chi connectivity index (χ4n) is 1.63. The molecule has 0 aromatic heterocycles. The fourth-order valence-corrected chi connectivity index (χ4v) is 1.95. The fraction of sp³-hybridized carbons (Fsp3) is 0.300. The van der Waals surface area contributed by atoms with Crippen molar-refractivity contribution >= 4 is 17.8 Å². The molecule has 0 aromatic carbocycles. The van der Waals surface area contributed by atoms with Gasteiger partial charge in [-0.2, -0.15) is 0 Å². The Balaban J connectivity index is 2.36. The average Bonchev–Trinajstić information content (AvgIpc) is 2.04. The van der Waals surface area contributed by atoms with E-state index in [0.717, 1.165) is 5.03 Å². The summed E-state index contributed by atoms with van der Waals surface area (Å²) in [6, 6.07) is 0.289. The van der Waals surface area contributed by atoms with Crippen LogP contribution in [-0.2, 0) is 0 Å². The number of hydrogen-bond acceptors (Lipinski definition) is 1. The van der Waals surface area contributed by atoms with E-state index < -0.39 is 0 Å². The first kappa shape index (κ1) is 7.81. The standard InChI is InChI=1S/C10H10ClN/c1-7-5-9(11)6-8-3-2-4-12-10(7)8/h2-6,8,10H,1H3. The molecule has 1 aliphatic carbocycles. The molecule has 2 rings (SSSR count). The maximum atomic E-state index is 5.93. The van der Waals surface area contributed by atoms with E-state index in [9.17, 15) is 0 Å². The molecule has 0 saturated heterocycles. The van der Waals surface area contributed by atoms with Crippen molar-refractivity contribution in [2.45, 2.75) is 13.0 Å². The lowest BCUT2D eigenvalue weighted by Gasteiger charge is -2.24. The second-order valence-electron chi connectivity index (χ2n) is 3.15. The van der Waals surface area contributed by atoms with Gasteiger partial charge in [-0.1, -0.05) is 23.8 Å². The molecule has 0 aromatic rings. The van der Waals surface area contributed by atoms with Gasteiger partial charge in [-0.15, -0.1) is 0 Å². The summed E-state index contributed by atoms with van der Waals surface area (Å²) < 4.78 is 0. The topological polar surface area (TPSA) is 12.4 Å². The third-order valence-corrected chi connectivity index (χ3v) is 2.45.